The van der Waals surface area contributed by atoms with E-state index in [2.05, 4.69) is 31.9 Å². The van der Waals surface area contributed by atoms with Gasteiger partial charge in [0.05, 0.1) is 12.2 Å². The molecular weight excluding hydrogens is 358 g/mol. The fourth-order valence-electron chi connectivity index (χ4n) is 1.94. The standard InChI is InChI=1S/C17H18BrN3O2/c1-2-19-17(23)12-7-9-13(10-8-12)20-11-16(22)21-15-6-4-3-5-14(15)18/h3-10,20H,2,11H2,1H3,(H,19,23)(H,21,22). The summed E-state index contributed by atoms with van der Waals surface area (Å²) in [4.78, 5) is 23.6. The van der Waals surface area contributed by atoms with Crippen LogP contribution in [-0.4, -0.2) is 24.9 Å². The number of rotatable bonds is 6. The molecule has 120 valence electrons. The number of hydrogen-bond acceptors (Lipinski definition) is 3. The molecule has 0 heterocycles. The largest absolute Gasteiger partial charge is 0.376 e. The lowest BCUT2D eigenvalue weighted by molar-refractivity contribution is -0.114. The summed E-state index contributed by atoms with van der Waals surface area (Å²) in [6, 6.07) is 14.4. The maximum absolute atomic E-state index is 11.9. The molecule has 2 aromatic carbocycles. The second kappa shape index (κ2) is 8.33. The fourth-order valence-corrected chi connectivity index (χ4v) is 2.33. The summed E-state index contributed by atoms with van der Waals surface area (Å²) < 4.78 is 0.833. The van der Waals surface area contributed by atoms with E-state index in [1.165, 1.54) is 0 Å². The topological polar surface area (TPSA) is 70.2 Å². The summed E-state index contributed by atoms with van der Waals surface area (Å²) >= 11 is 3.38. The lowest BCUT2D eigenvalue weighted by atomic mass is 10.2. The van der Waals surface area contributed by atoms with Gasteiger partial charge in [0.15, 0.2) is 0 Å². The molecule has 0 spiro atoms. The van der Waals surface area contributed by atoms with Crippen LogP contribution in [0.4, 0.5) is 11.4 Å². The van der Waals surface area contributed by atoms with Crippen LogP contribution in [0.1, 0.15) is 17.3 Å². The second-order valence-corrected chi connectivity index (χ2v) is 5.67. The van der Waals surface area contributed by atoms with Crippen LogP contribution >= 0.6 is 15.9 Å². The van der Waals surface area contributed by atoms with Gasteiger partial charge < -0.3 is 16.0 Å². The van der Waals surface area contributed by atoms with E-state index in [0.29, 0.717) is 12.1 Å². The number of hydrogen-bond donors (Lipinski definition) is 3. The minimum Gasteiger partial charge on any atom is -0.376 e. The number of carbonyl (C=O) groups excluding carboxylic acids is 2. The Balaban J connectivity index is 1.87. The molecule has 0 saturated carbocycles. The number of para-hydroxylation sites is 1. The van der Waals surface area contributed by atoms with Crippen LogP contribution in [0.3, 0.4) is 0 Å². The zero-order valence-electron chi connectivity index (χ0n) is 12.7. The molecule has 0 aliphatic carbocycles. The zero-order chi connectivity index (χ0) is 16.7. The third-order valence-corrected chi connectivity index (χ3v) is 3.78. The number of anilines is 2. The van der Waals surface area contributed by atoms with E-state index in [9.17, 15) is 9.59 Å². The van der Waals surface area contributed by atoms with Crippen molar-refractivity contribution in [1.29, 1.82) is 0 Å². The molecule has 0 radical (unpaired) electrons. The SMILES string of the molecule is CCNC(=O)c1ccc(NCC(=O)Nc2ccccc2Br)cc1. The first-order valence-electron chi connectivity index (χ1n) is 7.26. The van der Waals surface area contributed by atoms with Crippen molar-refractivity contribution in [3.63, 3.8) is 0 Å². The number of nitrogens with one attached hydrogen (secondary N) is 3. The van der Waals surface area contributed by atoms with E-state index in [0.717, 1.165) is 15.8 Å². The van der Waals surface area contributed by atoms with E-state index in [1.54, 1.807) is 24.3 Å². The first-order valence-corrected chi connectivity index (χ1v) is 8.06. The summed E-state index contributed by atoms with van der Waals surface area (Å²) in [6.45, 7) is 2.60. The Morgan fingerprint density at radius 3 is 2.39 bits per heavy atom. The second-order valence-electron chi connectivity index (χ2n) is 4.82. The van der Waals surface area contributed by atoms with Gasteiger partial charge in [-0.05, 0) is 59.3 Å². The molecule has 0 aromatic heterocycles. The minimum absolute atomic E-state index is 0.106. The van der Waals surface area contributed by atoms with E-state index in [-0.39, 0.29) is 18.4 Å². The Morgan fingerprint density at radius 1 is 1.04 bits per heavy atom. The molecule has 23 heavy (non-hydrogen) atoms. The quantitative estimate of drug-likeness (QED) is 0.725. The molecule has 3 N–H and O–H groups in total. The average Bonchev–Trinajstić information content (AvgIpc) is 2.56. The zero-order valence-corrected chi connectivity index (χ0v) is 14.3. The highest BCUT2D eigenvalue weighted by Crippen LogP contribution is 2.21. The van der Waals surface area contributed by atoms with Crippen molar-refractivity contribution in [1.82, 2.24) is 5.32 Å². The van der Waals surface area contributed by atoms with E-state index in [4.69, 9.17) is 0 Å². The van der Waals surface area contributed by atoms with Gasteiger partial charge in [0, 0.05) is 22.3 Å². The predicted octanol–water partition coefficient (Wildman–Crippen LogP) is 3.25. The highest BCUT2D eigenvalue weighted by molar-refractivity contribution is 9.10. The first-order chi connectivity index (χ1) is 11.1. The summed E-state index contributed by atoms with van der Waals surface area (Å²) in [6.07, 6.45) is 0. The molecule has 2 aromatic rings. The van der Waals surface area contributed by atoms with Gasteiger partial charge >= 0.3 is 0 Å². The number of halogens is 1. The van der Waals surface area contributed by atoms with Crippen LogP contribution in [0, 0.1) is 0 Å². The van der Waals surface area contributed by atoms with Crippen molar-refractivity contribution >= 4 is 39.1 Å². The lowest BCUT2D eigenvalue weighted by Crippen LogP contribution is -2.23. The van der Waals surface area contributed by atoms with E-state index in [1.807, 2.05) is 31.2 Å². The van der Waals surface area contributed by atoms with Crippen LogP contribution in [0.5, 0.6) is 0 Å². The first kappa shape index (κ1) is 17.0. The molecular formula is C17H18BrN3O2. The van der Waals surface area contributed by atoms with E-state index >= 15 is 0 Å². The molecule has 0 atom stereocenters. The van der Waals surface area contributed by atoms with Crippen molar-refractivity contribution in [2.24, 2.45) is 0 Å². The van der Waals surface area contributed by atoms with Crippen molar-refractivity contribution in [3.05, 3.63) is 58.6 Å². The van der Waals surface area contributed by atoms with Crippen molar-refractivity contribution in [2.75, 3.05) is 23.7 Å². The summed E-state index contributed by atoms with van der Waals surface area (Å²) in [7, 11) is 0. The van der Waals surface area contributed by atoms with Gasteiger partial charge in [-0.3, -0.25) is 9.59 Å². The molecule has 2 amide bonds. The van der Waals surface area contributed by atoms with Crippen molar-refractivity contribution < 1.29 is 9.59 Å². The lowest BCUT2D eigenvalue weighted by Gasteiger charge is -2.09. The van der Waals surface area contributed by atoms with Gasteiger partial charge in [0.1, 0.15) is 0 Å². The Kier molecular flexibility index (Phi) is 6.17. The highest BCUT2D eigenvalue weighted by Gasteiger charge is 2.06. The molecule has 6 heteroatoms. The molecule has 0 saturated heterocycles. The molecule has 5 nitrogen and oxygen atoms in total. The van der Waals surface area contributed by atoms with Gasteiger partial charge in [0.25, 0.3) is 5.91 Å². The molecule has 0 bridgehead atoms. The summed E-state index contributed by atoms with van der Waals surface area (Å²) in [5.41, 5.74) is 2.10. The Hall–Kier alpha value is -2.34. The van der Waals surface area contributed by atoms with Crippen molar-refractivity contribution in [3.8, 4) is 0 Å². The van der Waals surface area contributed by atoms with Crippen LogP contribution in [-0.2, 0) is 4.79 Å². The third-order valence-electron chi connectivity index (χ3n) is 3.09. The van der Waals surface area contributed by atoms with Gasteiger partial charge in [-0.15, -0.1) is 0 Å². The number of carbonyl (C=O) groups is 2. The van der Waals surface area contributed by atoms with Crippen LogP contribution in [0.15, 0.2) is 53.0 Å². The van der Waals surface area contributed by atoms with E-state index < -0.39 is 0 Å². The summed E-state index contributed by atoms with van der Waals surface area (Å²) in [5, 5.41) is 8.57. The van der Waals surface area contributed by atoms with Crippen LogP contribution in [0.2, 0.25) is 0 Å². The normalized spacial score (nSPS) is 10.0. The molecule has 0 aliphatic rings. The Bertz CT molecular complexity index is 686. The fraction of sp³-hybridized carbons (Fsp3) is 0.176. The smallest absolute Gasteiger partial charge is 0.251 e. The number of benzene rings is 2. The van der Waals surface area contributed by atoms with Gasteiger partial charge in [-0.25, -0.2) is 0 Å². The van der Waals surface area contributed by atoms with Gasteiger partial charge in [0.2, 0.25) is 5.91 Å². The predicted molar refractivity (Wildman–Crippen MR) is 95.7 cm³/mol. The third kappa shape index (κ3) is 5.10. The maximum atomic E-state index is 11.9. The number of amides is 2. The van der Waals surface area contributed by atoms with Gasteiger partial charge in [-0.2, -0.15) is 0 Å². The highest BCUT2D eigenvalue weighted by atomic mass is 79.9. The Labute approximate surface area is 143 Å². The van der Waals surface area contributed by atoms with Gasteiger partial charge in [-0.1, -0.05) is 12.1 Å². The molecule has 2 rings (SSSR count). The van der Waals surface area contributed by atoms with Crippen molar-refractivity contribution in [2.45, 2.75) is 6.92 Å². The molecule has 0 fully saturated rings. The van der Waals surface area contributed by atoms with Crippen LogP contribution in [0.25, 0.3) is 0 Å². The minimum atomic E-state index is -0.148. The monoisotopic (exact) mass is 375 g/mol. The summed E-state index contributed by atoms with van der Waals surface area (Å²) in [5.74, 6) is -0.254. The molecule has 0 unspecified atom stereocenters. The van der Waals surface area contributed by atoms with Crippen LogP contribution < -0.4 is 16.0 Å². The Morgan fingerprint density at radius 2 is 1.74 bits per heavy atom. The maximum Gasteiger partial charge on any atom is 0.251 e. The average molecular weight is 376 g/mol. The molecule has 0 aliphatic heterocycles.